The van der Waals surface area contributed by atoms with Crippen molar-refractivity contribution in [3.63, 3.8) is 0 Å². The van der Waals surface area contributed by atoms with Gasteiger partial charge in [0.05, 0.1) is 0 Å². The molecule has 0 aliphatic heterocycles. The molecule has 0 saturated heterocycles. The van der Waals surface area contributed by atoms with Gasteiger partial charge in [0.1, 0.15) is 6.04 Å². The van der Waals surface area contributed by atoms with Gasteiger partial charge in [0.2, 0.25) is 11.8 Å². The summed E-state index contributed by atoms with van der Waals surface area (Å²) in [6.45, 7) is 1.79. The second-order valence-electron chi connectivity index (χ2n) is 6.27. The van der Waals surface area contributed by atoms with Gasteiger partial charge in [-0.3, -0.25) is 14.4 Å². The maximum absolute atomic E-state index is 12.6. The van der Waals surface area contributed by atoms with Crippen LogP contribution in [0.4, 0.5) is 5.69 Å². The number of carbonyl (C=O) groups excluding carboxylic acids is 3. The Hall–Kier alpha value is -2.80. The Labute approximate surface area is 169 Å². The highest BCUT2D eigenvalue weighted by Crippen LogP contribution is 2.10. The molecule has 0 saturated carbocycles. The van der Waals surface area contributed by atoms with Gasteiger partial charge in [-0.1, -0.05) is 30.3 Å². The summed E-state index contributed by atoms with van der Waals surface area (Å²) in [5, 5.41) is 8.40. The van der Waals surface area contributed by atoms with Gasteiger partial charge in [0.25, 0.3) is 5.91 Å². The molecule has 0 heterocycles. The maximum Gasteiger partial charge on any atom is 0.251 e. The molecule has 0 fully saturated rings. The van der Waals surface area contributed by atoms with E-state index in [4.69, 9.17) is 0 Å². The fourth-order valence-corrected chi connectivity index (χ4v) is 3.03. The van der Waals surface area contributed by atoms with Crippen LogP contribution < -0.4 is 16.0 Å². The Morgan fingerprint density at radius 2 is 1.68 bits per heavy atom. The minimum atomic E-state index is -0.598. The van der Waals surface area contributed by atoms with Gasteiger partial charge < -0.3 is 16.0 Å². The van der Waals surface area contributed by atoms with Crippen LogP contribution in [0, 0.1) is 0 Å². The van der Waals surface area contributed by atoms with Gasteiger partial charge in [-0.05, 0) is 48.3 Å². The second-order valence-corrected chi connectivity index (χ2v) is 7.26. The summed E-state index contributed by atoms with van der Waals surface area (Å²) in [7, 11) is 0. The first-order valence-corrected chi connectivity index (χ1v) is 10.4. The first-order valence-electron chi connectivity index (χ1n) is 8.98. The molecule has 7 heteroatoms. The van der Waals surface area contributed by atoms with Crippen LogP contribution in [0.2, 0.25) is 0 Å². The SMILES string of the molecule is CSCCC(NC(=O)c1ccccc1)C(=O)NCc1ccc(NC(C)=O)cc1. The lowest BCUT2D eigenvalue weighted by atomic mass is 10.1. The van der Waals surface area contributed by atoms with Crippen LogP contribution in [-0.2, 0) is 16.1 Å². The number of hydrogen-bond donors (Lipinski definition) is 3. The zero-order valence-corrected chi connectivity index (χ0v) is 16.8. The minimum Gasteiger partial charge on any atom is -0.350 e. The summed E-state index contributed by atoms with van der Waals surface area (Å²) in [5.41, 5.74) is 2.13. The van der Waals surface area contributed by atoms with Crippen LogP contribution in [0.25, 0.3) is 0 Å². The topological polar surface area (TPSA) is 87.3 Å². The molecule has 0 aliphatic rings. The van der Waals surface area contributed by atoms with Gasteiger partial charge in [0.15, 0.2) is 0 Å². The molecule has 3 amide bonds. The van der Waals surface area contributed by atoms with Crippen LogP contribution in [0.5, 0.6) is 0 Å². The molecule has 1 unspecified atom stereocenters. The normalized spacial score (nSPS) is 11.4. The summed E-state index contributed by atoms with van der Waals surface area (Å²) in [6.07, 6.45) is 2.51. The number of rotatable bonds is 9. The smallest absolute Gasteiger partial charge is 0.251 e. The Morgan fingerprint density at radius 1 is 1.00 bits per heavy atom. The number of amides is 3. The summed E-state index contributed by atoms with van der Waals surface area (Å²) < 4.78 is 0. The first-order chi connectivity index (χ1) is 13.5. The number of carbonyl (C=O) groups is 3. The van der Waals surface area contributed by atoms with Gasteiger partial charge >= 0.3 is 0 Å². The Balaban J connectivity index is 1.94. The van der Waals surface area contributed by atoms with E-state index in [2.05, 4.69) is 16.0 Å². The molecule has 1 atom stereocenters. The number of anilines is 1. The van der Waals surface area contributed by atoms with E-state index in [0.717, 1.165) is 11.3 Å². The fraction of sp³-hybridized carbons (Fsp3) is 0.286. The maximum atomic E-state index is 12.6. The Morgan fingerprint density at radius 3 is 2.29 bits per heavy atom. The molecule has 2 aromatic carbocycles. The van der Waals surface area contributed by atoms with E-state index in [9.17, 15) is 14.4 Å². The molecule has 6 nitrogen and oxygen atoms in total. The molecule has 28 heavy (non-hydrogen) atoms. The van der Waals surface area contributed by atoms with Crippen LogP contribution in [-0.4, -0.2) is 35.8 Å². The van der Waals surface area contributed by atoms with Crippen LogP contribution in [0.1, 0.15) is 29.3 Å². The van der Waals surface area contributed by atoms with E-state index < -0.39 is 6.04 Å². The number of nitrogens with one attached hydrogen (secondary N) is 3. The van der Waals surface area contributed by atoms with Crippen molar-refractivity contribution in [2.75, 3.05) is 17.3 Å². The summed E-state index contributed by atoms with van der Waals surface area (Å²) >= 11 is 1.63. The third-order valence-corrected chi connectivity index (χ3v) is 4.65. The van der Waals surface area contributed by atoms with Crippen LogP contribution in [0.15, 0.2) is 54.6 Å². The molecule has 2 rings (SSSR count). The average molecular weight is 400 g/mol. The van der Waals surface area contributed by atoms with E-state index in [1.54, 1.807) is 48.2 Å². The molecule has 2 aromatic rings. The average Bonchev–Trinajstić information content (AvgIpc) is 2.70. The van der Waals surface area contributed by atoms with Crippen molar-refractivity contribution in [3.05, 3.63) is 65.7 Å². The largest absolute Gasteiger partial charge is 0.350 e. The van der Waals surface area contributed by atoms with Gasteiger partial charge in [-0.15, -0.1) is 0 Å². The van der Waals surface area contributed by atoms with Gasteiger partial charge in [-0.2, -0.15) is 11.8 Å². The highest BCUT2D eigenvalue weighted by atomic mass is 32.2. The molecule has 0 radical (unpaired) electrons. The minimum absolute atomic E-state index is 0.133. The van der Waals surface area contributed by atoms with Crippen molar-refractivity contribution in [2.24, 2.45) is 0 Å². The van der Waals surface area contributed by atoms with Crippen molar-refractivity contribution in [1.29, 1.82) is 0 Å². The molecule has 0 aliphatic carbocycles. The third-order valence-electron chi connectivity index (χ3n) is 4.01. The van der Waals surface area contributed by atoms with E-state index in [-0.39, 0.29) is 17.7 Å². The molecule has 3 N–H and O–H groups in total. The van der Waals surface area contributed by atoms with Crippen molar-refractivity contribution in [1.82, 2.24) is 10.6 Å². The highest BCUT2D eigenvalue weighted by Gasteiger charge is 2.20. The van der Waals surface area contributed by atoms with Crippen molar-refractivity contribution >= 4 is 35.2 Å². The lowest BCUT2D eigenvalue weighted by Gasteiger charge is -2.18. The zero-order chi connectivity index (χ0) is 20.4. The zero-order valence-electron chi connectivity index (χ0n) is 16.0. The first kappa shape index (κ1) is 21.5. The predicted molar refractivity (Wildman–Crippen MR) is 113 cm³/mol. The van der Waals surface area contributed by atoms with E-state index in [1.807, 2.05) is 24.5 Å². The number of benzene rings is 2. The van der Waals surface area contributed by atoms with Crippen molar-refractivity contribution in [2.45, 2.75) is 25.9 Å². The fourth-order valence-electron chi connectivity index (χ4n) is 2.56. The molecular formula is C21H25N3O3S. The van der Waals surface area contributed by atoms with Gasteiger partial charge in [-0.25, -0.2) is 0 Å². The second kappa shape index (κ2) is 11.1. The van der Waals surface area contributed by atoms with Crippen molar-refractivity contribution < 1.29 is 14.4 Å². The summed E-state index contributed by atoms with van der Waals surface area (Å²) in [5.74, 6) is 0.149. The monoisotopic (exact) mass is 399 g/mol. The molecule has 148 valence electrons. The number of hydrogen-bond acceptors (Lipinski definition) is 4. The molecular weight excluding hydrogens is 374 g/mol. The van der Waals surface area contributed by atoms with Crippen molar-refractivity contribution in [3.8, 4) is 0 Å². The molecule has 0 aromatic heterocycles. The van der Waals surface area contributed by atoms with Crippen LogP contribution >= 0.6 is 11.8 Å². The van der Waals surface area contributed by atoms with E-state index in [0.29, 0.717) is 24.2 Å². The lowest BCUT2D eigenvalue weighted by molar-refractivity contribution is -0.123. The Bertz CT molecular complexity index is 794. The molecule has 0 bridgehead atoms. The molecule has 0 spiro atoms. The third kappa shape index (κ3) is 7.08. The predicted octanol–water partition coefficient (Wildman–Crippen LogP) is 2.81. The summed E-state index contributed by atoms with van der Waals surface area (Å²) in [6, 6.07) is 15.5. The quantitative estimate of drug-likeness (QED) is 0.605. The van der Waals surface area contributed by atoms with Crippen LogP contribution in [0.3, 0.4) is 0 Å². The van der Waals surface area contributed by atoms with Gasteiger partial charge in [0, 0.05) is 24.7 Å². The summed E-state index contributed by atoms with van der Waals surface area (Å²) in [4.78, 5) is 36.1. The van der Waals surface area contributed by atoms with E-state index >= 15 is 0 Å². The van der Waals surface area contributed by atoms with E-state index in [1.165, 1.54) is 6.92 Å². The lowest BCUT2D eigenvalue weighted by Crippen LogP contribution is -2.46. The standard InChI is InChI=1S/C21H25N3O3S/c1-15(25)23-18-10-8-16(9-11-18)14-22-21(27)19(12-13-28-2)24-20(26)17-6-4-3-5-7-17/h3-11,19H,12-14H2,1-2H3,(H,22,27)(H,23,25)(H,24,26). The number of thioether (sulfide) groups is 1. The highest BCUT2D eigenvalue weighted by molar-refractivity contribution is 7.98. The Kier molecular flexibility index (Phi) is 8.55.